The SMILES string of the molecule is COc1nc(-c2cccc(-c3cccc(-c4cc5c(c(OC)n4)[C@@H](NC[C@@H]4CCC(=O)N4)CO5)c3C)c2F)cnc1CN1CC2(CCC(=O)N2)C1. The summed E-state index contributed by atoms with van der Waals surface area (Å²) in [5, 5.41) is 9.59. The topological polar surface area (TPSA) is 140 Å². The molecule has 4 aliphatic rings. The number of methoxy groups -OCH3 is 2. The average molecular weight is 694 g/mol. The second-order valence-electron chi connectivity index (χ2n) is 13.8. The number of ether oxygens (including phenoxy) is 3. The predicted molar refractivity (Wildman–Crippen MR) is 187 cm³/mol. The van der Waals surface area contributed by atoms with E-state index >= 15 is 4.39 Å². The van der Waals surface area contributed by atoms with Gasteiger partial charge >= 0.3 is 0 Å². The number of nitrogens with zero attached hydrogens (tertiary/aromatic N) is 4. The number of amides is 2. The molecule has 2 aromatic carbocycles. The van der Waals surface area contributed by atoms with Crippen LogP contribution in [-0.4, -0.2) is 83.7 Å². The van der Waals surface area contributed by atoms with Crippen molar-refractivity contribution >= 4 is 11.8 Å². The average Bonchev–Trinajstić information content (AvgIpc) is 3.85. The highest BCUT2D eigenvalue weighted by Gasteiger charge is 2.47. The van der Waals surface area contributed by atoms with Crippen molar-refractivity contribution in [2.45, 2.75) is 56.8 Å². The molecule has 6 heterocycles. The van der Waals surface area contributed by atoms with Crippen LogP contribution in [0.15, 0.2) is 48.7 Å². The number of benzene rings is 2. The molecule has 3 N–H and O–H groups in total. The van der Waals surface area contributed by atoms with E-state index in [0.717, 1.165) is 48.2 Å². The lowest BCUT2D eigenvalue weighted by Crippen LogP contribution is -2.66. The van der Waals surface area contributed by atoms with Gasteiger partial charge in [0.1, 0.15) is 23.9 Å². The minimum Gasteiger partial charge on any atom is -0.491 e. The summed E-state index contributed by atoms with van der Waals surface area (Å²) in [6, 6.07) is 12.9. The van der Waals surface area contributed by atoms with E-state index < -0.39 is 5.82 Å². The van der Waals surface area contributed by atoms with Gasteiger partial charge in [-0.1, -0.05) is 30.3 Å². The Balaban J connectivity index is 1.04. The molecule has 264 valence electrons. The monoisotopic (exact) mass is 693 g/mol. The Morgan fingerprint density at radius 1 is 0.980 bits per heavy atom. The van der Waals surface area contributed by atoms with E-state index in [9.17, 15) is 9.59 Å². The summed E-state index contributed by atoms with van der Waals surface area (Å²) < 4.78 is 34.0. The third-order valence-electron chi connectivity index (χ3n) is 10.5. The Morgan fingerprint density at radius 3 is 2.45 bits per heavy atom. The number of hydrogen-bond acceptors (Lipinski definition) is 10. The second-order valence-corrected chi connectivity index (χ2v) is 13.8. The van der Waals surface area contributed by atoms with Crippen molar-refractivity contribution in [1.29, 1.82) is 0 Å². The number of likely N-dealkylation sites (tertiary alicyclic amines) is 1. The van der Waals surface area contributed by atoms with E-state index in [1.165, 1.54) is 7.11 Å². The molecule has 8 rings (SSSR count). The summed E-state index contributed by atoms with van der Waals surface area (Å²) in [4.78, 5) is 39.8. The largest absolute Gasteiger partial charge is 0.491 e. The number of nitrogens with one attached hydrogen (secondary N) is 3. The molecule has 1 spiro atoms. The fraction of sp³-hybridized carbons (Fsp3) is 0.395. The number of pyridine rings is 1. The van der Waals surface area contributed by atoms with Crippen molar-refractivity contribution in [2.75, 3.05) is 40.5 Å². The highest BCUT2D eigenvalue weighted by molar-refractivity contribution is 5.81. The van der Waals surface area contributed by atoms with E-state index in [0.29, 0.717) is 78.3 Å². The van der Waals surface area contributed by atoms with Gasteiger partial charge in [0.2, 0.25) is 23.6 Å². The minimum absolute atomic E-state index is 0.0789. The van der Waals surface area contributed by atoms with E-state index in [1.807, 2.05) is 37.3 Å². The lowest BCUT2D eigenvalue weighted by molar-refractivity contribution is -0.121. The second kappa shape index (κ2) is 13.2. The normalized spacial score (nSPS) is 20.5. The molecule has 2 amide bonds. The van der Waals surface area contributed by atoms with Gasteiger partial charge in [0, 0.05) is 67.8 Å². The number of fused-ring (bicyclic) bond motifs is 1. The van der Waals surface area contributed by atoms with Crippen molar-refractivity contribution in [3.8, 4) is 51.2 Å². The van der Waals surface area contributed by atoms with Gasteiger partial charge in [-0.05, 0) is 37.0 Å². The Kier molecular flexibility index (Phi) is 8.55. The molecule has 13 heteroatoms. The van der Waals surface area contributed by atoms with E-state index in [-0.39, 0.29) is 29.4 Å². The fourth-order valence-electron chi connectivity index (χ4n) is 7.86. The molecule has 4 aliphatic heterocycles. The van der Waals surface area contributed by atoms with Gasteiger partial charge in [-0.15, -0.1) is 0 Å². The zero-order chi connectivity index (χ0) is 35.3. The van der Waals surface area contributed by atoms with Crippen LogP contribution in [0.4, 0.5) is 4.39 Å². The first-order valence-corrected chi connectivity index (χ1v) is 17.3. The molecule has 0 saturated carbocycles. The number of halogens is 1. The third-order valence-corrected chi connectivity index (χ3v) is 10.5. The molecule has 0 unspecified atom stereocenters. The number of rotatable bonds is 10. The van der Waals surface area contributed by atoms with Crippen molar-refractivity contribution in [3.63, 3.8) is 0 Å². The lowest BCUT2D eigenvalue weighted by atomic mass is 9.88. The summed E-state index contributed by atoms with van der Waals surface area (Å²) in [6.45, 7) is 5.02. The fourth-order valence-corrected chi connectivity index (χ4v) is 7.86. The molecule has 3 fully saturated rings. The molecule has 2 atom stereocenters. The first kappa shape index (κ1) is 33.0. The van der Waals surface area contributed by atoms with Crippen LogP contribution < -0.4 is 30.2 Å². The first-order chi connectivity index (χ1) is 24.7. The molecular formula is C38H40FN7O5. The predicted octanol–water partition coefficient (Wildman–Crippen LogP) is 4.10. The summed E-state index contributed by atoms with van der Waals surface area (Å²) in [7, 11) is 3.12. The molecular weight excluding hydrogens is 653 g/mol. The standard InChI is InChI=1S/C38H40FN7O5/c1-21-23(6-4-7-24(21)27-14-31-34(37(43-27)50-3)30(18-51-31)40-15-22-10-11-32(47)42-22)25-8-5-9-26(35(25)39)28-16-41-29(36(44-28)49-2)17-46-19-38(20-46)13-12-33(48)45-38/h4-9,14,16,22,30,40H,10-13,15,17-20H2,1-3H3,(H,42,47)(H,45,48)/t22-,30-/m0/s1. The maximum absolute atomic E-state index is 16.5. The highest BCUT2D eigenvalue weighted by atomic mass is 19.1. The molecule has 0 bridgehead atoms. The first-order valence-electron chi connectivity index (χ1n) is 17.3. The summed E-state index contributed by atoms with van der Waals surface area (Å²) in [5.41, 5.74) is 5.51. The van der Waals surface area contributed by atoms with Gasteiger partial charge in [-0.25, -0.2) is 14.4 Å². The van der Waals surface area contributed by atoms with Crippen LogP contribution in [0.5, 0.6) is 17.5 Å². The van der Waals surface area contributed by atoms with Crippen LogP contribution in [0.2, 0.25) is 0 Å². The molecule has 2 aromatic heterocycles. The van der Waals surface area contributed by atoms with Crippen molar-refractivity contribution < 1.29 is 28.2 Å². The summed E-state index contributed by atoms with van der Waals surface area (Å²) >= 11 is 0. The Labute approximate surface area is 295 Å². The number of carbonyl (C=O) groups is 2. The number of aromatic nitrogens is 3. The summed E-state index contributed by atoms with van der Waals surface area (Å²) in [6.07, 6.45) is 4.35. The van der Waals surface area contributed by atoms with E-state index in [4.69, 9.17) is 19.2 Å². The molecule has 3 saturated heterocycles. The van der Waals surface area contributed by atoms with E-state index in [1.54, 1.807) is 25.4 Å². The van der Waals surface area contributed by atoms with Crippen LogP contribution >= 0.6 is 0 Å². The molecule has 0 aliphatic carbocycles. The van der Waals surface area contributed by atoms with Gasteiger partial charge in [0.05, 0.1) is 48.9 Å². The molecule has 4 aromatic rings. The maximum atomic E-state index is 16.5. The molecule has 12 nitrogen and oxygen atoms in total. The van der Waals surface area contributed by atoms with Crippen LogP contribution in [0.3, 0.4) is 0 Å². The highest BCUT2D eigenvalue weighted by Crippen LogP contribution is 2.43. The Bertz CT molecular complexity index is 2030. The lowest BCUT2D eigenvalue weighted by Gasteiger charge is -2.47. The van der Waals surface area contributed by atoms with Gasteiger partial charge in [0.25, 0.3) is 0 Å². The zero-order valence-electron chi connectivity index (χ0n) is 28.8. The third kappa shape index (κ3) is 6.14. The van der Waals surface area contributed by atoms with Crippen LogP contribution in [-0.2, 0) is 16.1 Å². The molecule has 51 heavy (non-hydrogen) atoms. The van der Waals surface area contributed by atoms with Crippen molar-refractivity contribution in [1.82, 2.24) is 35.8 Å². The quantitative estimate of drug-likeness (QED) is 0.223. The van der Waals surface area contributed by atoms with Gasteiger partial charge < -0.3 is 30.2 Å². The van der Waals surface area contributed by atoms with Crippen molar-refractivity contribution in [3.05, 3.63) is 71.3 Å². The zero-order valence-corrected chi connectivity index (χ0v) is 28.8. The summed E-state index contributed by atoms with van der Waals surface area (Å²) in [5.74, 6) is 1.24. The Morgan fingerprint density at radius 2 is 1.73 bits per heavy atom. The van der Waals surface area contributed by atoms with Gasteiger partial charge in [-0.2, -0.15) is 0 Å². The molecule has 0 radical (unpaired) electrons. The number of hydrogen-bond donors (Lipinski definition) is 3. The Hall–Kier alpha value is -5.14. The van der Waals surface area contributed by atoms with Gasteiger partial charge in [-0.3, -0.25) is 19.5 Å². The van der Waals surface area contributed by atoms with E-state index in [2.05, 4.69) is 30.8 Å². The minimum atomic E-state index is -0.418. The van der Waals surface area contributed by atoms with Crippen molar-refractivity contribution in [2.24, 2.45) is 0 Å². The van der Waals surface area contributed by atoms with Crippen LogP contribution in [0, 0.1) is 12.7 Å². The van der Waals surface area contributed by atoms with Crippen LogP contribution in [0.1, 0.15) is 48.5 Å². The smallest absolute Gasteiger partial charge is 0.237 e. The maximum Gasteiger partial charge on any atom is 0.237 e. The number of carbonyl (C=O) groups excluding carboxylic acids is 2. The van der Waals surface area contributed by atoms with Crippen LogP contribution in [0.25, 0.3) is 33.6 Å². The van der Waals surface area contributed by atoms with Gasteiger partial charge in [0.15, 0.2) is 0 Å².